The van der Waals surface area contributed by atoms with Gasteiger partial charge in [-0.3, -0.25) is 9.89 Å². The molecule has 0 aliphatic carbocycles. The monoisotopic (exact) mass is 278 g/mol. The molecule has 0 fully saturated rings. The molecular formula is C16H26N2O2. The largest absolute Gasteiger partial charge is 0.443 e. The Hall–Kier alpha value is -1.58. The lowest BCUT2D eigenvalue weighted by atomic mass is 9.97. The normalized spacial score (nSPS) is 16.6. The van der Waals surface area contributed by atoms with Crippen LogP contribution in [0, 0.1) is 5.92 Å². The molecule has 0 aromatic carbocycles. The van der Waals surface area contributed by atoms with Gasteiger partial charge >= 0.3 is 6.09 Å². The molecule has 1 unspecified atom stereocenters. The van der Waals surface area contributed by atoms with Crippen LogP contribution in [0.5, 0.6) is 0 Å². The first kappa shape index (κ1) is 16.5. The number of carbonyl (C=O) groups excluding carboxylic acids is 1. The predicted molar refractivity (Wildman–Crippen MR) is 83.0 cm³/mol. The van der Waals surface area contributed by atoms with E-state index in [0.29, 0.717) is 13.1 Å². The van der Waals surface area contributed by atoms with E-state index in [1.54, 1.807) is 4.90 Å². The van der Waals surface area contributed by atoms with Gasteiger partial charge in [0.25, 0.3) is 0 Å². The summed E-state index contributed by atoms with van der Waals surface area (Å²) >= 11 is 0. The van der Waals surface area contributed by atoms with E-state index >= 15 is 0 Å². The van der Waals surface area contributed by atoms with Crippen LogP contribution in [0.15, 0.2) is 30.3 Å². The highest BCUT2D eigenvalue weighted by Gasteiger charge is 2.32. The zero-order valence-corrected chi connectivity index (χ0v) is 12.9. The van der Waals surface area contributed by atoms with Crippen LogP contribution in [0.2, 0.25) is 0 Å². The van der Waals surface area contributed by atoms with Crippen molar-refractivity contribution in [2.45, 2.75) is 45.6 Å². The minimum atomic E-state index is -0.486. The van der Waals surface area contributed by atoms with Crippen molar-refractivity contribution in [3.05, 3.63) is 25.3 Å². The first-order valence-corrected chi connectivity index (χ1v) is 7.15. The maximum Gasteiger partial charge on any atom is 0.415 e. The van der Waals surface area contributed by atoms with Gasteiger partial charge in [-0.1, -0.05) is 12.2 Å². The van der Waals surface area contributed by atoms with Crippen molar-refractivity contribution in [2.24, 2.45) is 10.9 Å². The standard InChI is InChI=1S/C16H26N2O2/c1-6-8-10-13(9-7-2)14-17-11-12-18(14)15(19)20-16(3,4)5/h6-7,13H,1-2,8-12H2,3-5H3. The Morgan fingerprint density at radius 1 is 1.45 bits per heavy atom. The Morgan fingerprint density at radius 3 is 2.70 bits per heavy atom. The molecule has 1 aliphatic heterocycles. The van der Waals surface area contributed by atoms with Crippen LogP contribution >= 0.6 is 0 Å². The molecule has 1 aliphatic rings. The molecule has 1 amide bonds. The number of allylic oxidation sites excluding steroid dienone is 2. The summed E-state index contributed by atoms with van der Waals surface area (Å²) in [4.78, 5) is 18.4. The van der Waals surface area contributed by atoms with Gasteiger partial charge in [-0.15, -0.1) is 13.2 Å². The van der Waals surface area contributed by atoms with Gasteiger partial charge in [-0.25, -0.2) is 4.79 Å². The van der Waals surface area contributed by atoms with E-state index in [9.17, 15) is 4.79 Å². The van der Waals surface area contributed by atoms with Crippen LogP contribution in [0.25, 0.3) is 0 Å². The predicted octanol–water partition coefficient (Wildman–Crippen LogP) is 3.79. The molecule has 4 heteroatoms. The summed E-state index contributed by atoms with van der Waals surface area (Å²) in [5, 5.41) is 0. The van der Waals surface area contributed by atoms with Crippen LogP contribution in [0.4, 0.5) is 4.79 Å². The first-order chi connectivity index (χ1) is 9.39. The maximum absolute atomic E-state index is 12.2. The number of amides is 1. The fourth-order valence-electron chi connectivity index (χ4n) is 2.19. The van der Waals surface area contributed by atoms with Crippen LogP contribution in [-0.2, 0) is 4.74 Å². The average molecular weight is 278 g/mol. The van der Waals surface area contributed by atoms with E-state index < -0.39 is 5.60 Å². The maximum atomic E-state index is 12.2. The van der Waals surface area contributed by atoms with E-state index in [1.807, 2.05) is 32.9 Å². The minimum Gasteiger partial charge on any atom is -0.443 e. The zero-order valence-electron chi connectivity index (χ0n) is 12.9. The summed E-state index contributed by atoms with van der Waals surface area (Å²) in [6.07, 6.45) is 6.10. The van der Waals surface area contributed by atoms with Gasteiger partial charge in [0.15, 0.2) is 0 Å². The quantitative estimate of drug-likeness (QED) is 0.694. The molecular weight excluding hydrogens is 252 g/mol. The highest BCUT2D eigenvalue weighted by molar-refractivity contribution is 5.98. The van der Waals surface area contributed by atoms with E-state index in [-0.39, 0.29) is 12.0 Å². The molecule has 0 saturated carbocycles. The van der Waals surface area contributed by atoms with Crippen LogP contribution in [0.3, 0.4) is 0 Å². The summed E-state index contributed by atoms with van der Waals surface area (Å²) in [7, 11) is 0. The average Bonchev–Trinajstić information content (AvgIpc) is 2.81. The van der Waals surface area contributed by atoms with Gasteiger partial charge in [0, 0.05) is 5.92 Å². The molecule has 1 rings (SSSR count). The number of nitrogens with zero attached hydrogens (tertiary/aromatic N) is 2. The lowest BCUT2D eigenvalue weighted by Crippen LogP contribution is -2.41. The third-order valence-electron chi connectivity index (χ3n) is 3.02. The van der Waals surface area contributed by atoms with Crippen LogP contribution in [0.1, 0.15) is 40.0 Å². The third kappa shape index (κ3) is 4.83. The van der Waals surface area contributed by atoms with Crippen molar-refractivity contribution < 1.29 is 9.53 Å². The lowest BCUT2D eigenvalue weighted by molar-refractivity contribution is 0.0377. The van der Waals surface area contributed by atoms with Crippen molar-refractivity contribution in [3.8, 4) is 0 Å². The van der Waals surface area contributed by atoms with Gasteiger partial charge in [-0.2, -0.15) is 0 Å². The number of hydrogen-bond acceptors (Lipinski definition) is 3. The minimum absolute atomic E-state index is 0.209. The summed E-state index contributed by atoms with van der Waals surface area (Å²) in [5.41, 5.74) is -0.486. The second-order valence-electron chi connectivity index (χ2n) is 5.96. The molecule has 20 heavy (non-hydrogen) atoms. The number of aliphatic imine (C=N–C) groups is 1. The molecule has 0 aromatic heterocycles. The van der Waals surface area contributed by atoms with Crippen molar-refractivity contribution >= 4 is 11.9 Å². The fourth-order valence-corrected chi connectivity index (χ4v) is 2.19. The van der Waals surface area contributed by atoms with Gasteiger partial charge in [0.1, 0.15) is 11.4 Å². The second kappa shape index (κ2) is 7.27. The number of carbonyl (C=O) groups is 1. The molecule has 4 nitrogen and oxygen atoms in total. The van der Waals surface area contributed by atoms with Gasteiger partial charge in [0.05, 0.1) is 13.1 Å². The molecule has 0 bridgehead atoms. The number of amidine groups is 1. The number of rotatable bonds is 6. The van der Waals surface area contributed by atoms with Gasteiger partial charge in [-0.05, 0) is 40.0 Å². The second-order valence-corrected chi connectivity index (χ2v) is 5.96. The highest BCUT2D eigenvalue weighted by atomic mass is 16.6. The topological polar surface area (TPSA) is 41.9 Å². The molecule has 0 aromatic rings. The van der Waals surface area contributed by atoms with E-state index in [0.717, 1.165) is 25.1 Å². The Morgan fingerprint density at radius 2 is 2.15 bits per heavy atom. The SMILES string of the molecule is C=CCCC(CC=C)C1=NCCN1C(=O)OC(C)(C)C. The summed E-state index contributed by atoms with van der Waals surface area (Å²) in [6.45, 7) is 14.4. The number of hydrogen-bond donors (Lipinski definition) is 0. The van der Waals surface area contributed by atoms with Gasteiger partial charge < -0.3 is 4.74 Å². The third-order valence-corrected chi connectivity index (χ3v) is 3.02. The molecule has 0 spiro atoms. The van der Waals surface area contributed by atoms with Crippen molar-refractivity contribution in [1.29, 1.82) is 0 Å². The highest BCUT2D eigenvalue weighted by Crippen LogP contribution is 2.22. The van der Waals surface area contributed by atoms with Crippen molar-refractivity contribution in [1.82, 2.24) is 4.90 Å². The first-order valence-electron chi connectivity index (χ1n) is 7.15. The molecule has 1 atom stereocenters. The van der Waals surface area contributed by atoms with Crippen LogP contribution < -0.4 is 0 Å². The smallest absolute Gasteiger partial charge is 0.415 e. The summed E-state index contributed by atoms with van der Waals surface area (Å²) < 4.78 is 5.44. The fraction of sp³-hybridized carbons (Fsp3) is 0.625. The number of ether oxygens (including phenoxy) is 1. The zero-order chi connectivity index (χ0) is 15.2. The van der Waals surface area contributed by atoms with E-state index in [4.69, 9.17) is 4.74 Å². The van der Waals surface area contributed by atoms with E-state index in [1.165, 1.54) is 0 Å². The molecule has 0 radical (unpaired) electrons. The van der Waals surface area contributed by atoms with E-state index in [2.05, 4.69) is 18.2 Å². The Balaban J connectivity index is 2.77. The molecule has 0 N–H and O–H groups in total. The molecule has 0 saturated heterocycles. The molecule has 1 heterocycles. The van der Waals surface area contributed by atoms with Crippen molar-refractivity contribution in [3.63, 3.8) is 0 Å². The Labute approximate surface area is 122 Å². The van der Waals surface area contributed by atoms with Crippen molar-refractivity contribution in [2.75, 3.05) is 13.1 Å². The summed E-state index contributed by atoms with van der Waals surface area (Å²) in [6, 6.07) is 0. The Kier molecular flexibility index (Phi) is 5.99. The lowest BCUT2D eigenvalue weighted by Gasteiger charge is -2.27. The van der Waals surface area contributed by atoms with Gasteiger partial charge in [0.2, 0.25) is 0 Å². The van der Waals surface area contributed by atoms with Crippen LogP contribution in [-0.4, -0.2) is 35.5 Å². The summed E-state index contributed by atoms with van der Waals surface area (Å²) in [5.74, 6) is 1.04. The Bertz CT molecular complexity index is 394. The molecule has 112 valence electrons.